The summed E-state index contributed by atoms with van der Waals surface area (Å²) in [6.45, 7) is 6.60. The molecule has 1 saturated carbocycles. The van der Waals surface area contributed by atoms with Gasteiger partial charge in [0.2, 0.25) is 5.91 Å². The van der Waals surface area contributed by atoms with Crippen LogP contribution in [-0.2, 0) is 9.53 Å². The summed E-state index contributed by atoms with van der Waals surface area (Å²) in [6.07, 6.45) is 4.69. The summed E-state index contributed by atoms with van der Waals surface area (Å²) in [7, 11) is 0. The summed E-state index contributed by atoms with van der Waals surface area (Å²) in [5.41, 5.74) is 0.157. The minimum atomic E-state index is 0.157. The molecule has 2 unspecified atom stereocenters. The maximum absolute atomic E-state index is 12.8. The maximum Gasteiger partial charge on any atom is 0.226 e. The molecule has 2 atom stereocenters. The van der Waals surface area contributed by atoms with Crippen molar-refractivity contribution in [3.05, 3.63) is 0 Å². The van der Waals surface area contributed by atoms with Gasteiger partial charge < -0.3 is 9.64 Å². The van der Waals surface area contributed by atoms with Gasteiger partial charge in [-0.05, 0) is 18.3 Å². The second-order valence-corrected chi connectivity index (χ2v) is 6.85. The summed E-state index contributed by atoms with van der Waals surface area (Å²) in [5, 5.41) is 0.811. The average molecular weight is 318 g/mol. The molecule has 3 nitrogen and oxygen atoms in total. The molecule has 0 bridgehead atoms. The molecule has 1 heterocycles. The van der Waals surface area contributed by atoms with Crippen LogP contribution in [0.1, 0.15) is 39.5 Å². The van der Waals surface area contributed by atoms with Gasteiger partial charge in [0.25, 0.3) is 0 Å². The summed E-state index contributed by atoms with van der Waals surface area (Å²) < 4.78 is 5.47. The molecule has 2 aliphatic rings. The summed E-state index contributed by atoms with van der Waals surface area (Å²) in [6, 6.07) is 0.212. The van der Waals surface area contributed by atoms with Gasteiger partial charge in [-0.15, -0.1) is 0 Å². The first kappa shape index (κ1) is 14.3. The van der Waals surface area contributed by atoms with Crippen LogP contribution in [0.4, 0.5) is 0 Å². The molecule has 2 fully saturated rings. The van der Waals surface area contributed by atoms with Crippen LogP contribution in [0.15, 0.2) is 0 Å². The lowest BCUT2D eigenvalue weighted by molar-refractivity contribution is -0.148. The molecule has 4 heteroatoms. The lowest BCUT2D eigenvalue weighted by Gasteiger charge is -2.43. The molecule has 0 aromatic rings. The standard InChI is InChI=1S/C14H24BrNO2/c1-14(2)6-4-3-5-12(14)13(17)16-7-8-18-10-11(16)9-15/h11-12H,3-10H2,1-2H3. The highest BCUT2D eigenvalue weighted by molar-refractivity contribution is 9.09. The second kappa shape index (κ2) is 5.91. The smallest absolute Gasteiger partial charge is 0.226 e. The molecule has 1 saturated heterocycles. The van der Waals surface area contributed by atoms with Gasteiger partial charge in [0.05, 0.1) is 19.3 Å². The third-order valence-electron chi connectivity index (χ3n) is 4.49. The van der Waals surface area contributed by atoms with E-state index in [1.54, 1.807) is 0 Å². The number of alkyl halides is 1. The van der Waals surface area contributed by atoms with Crippen LogP contribution in [0.3, 0.4) is 0 Å². The monoisotopic (exact) mass is 317 g/mol. The van der Waals surface area contributed by atoms with E-state index in [-0.39, 0.29) is 17.4 Å². The quantitative estimate of drug-likeness (QED) is 0.733. The van der Waals surface area contributed by atoms with E-state index in [2.05, 4.69) is 34.7 Å². The van der Waals surface area contributed by atoms with E-state index in [4.69, 9.17) is 4.74 Å². The van der Waals surface area contributed by atoms with Gasteiger partial charge in [0, 0.05) is 17.8 Å². The Morgan fingerprint density at radius 1 is 1.44 bits per heavy atom. The average Bonchev–Trinajstić information content (AvgIpc) is 2.37. The number of morpholine rings is 1. The molecule has 0 aromatic carbocycles. The van der Waals surface area contributed by atoms with Gasteiger partial charge in [0.1, 0.15) is 0 Å². The second-order valence-electron chi connectivity index (χ2n) is 6.20. The molecule has 0 N–H and O–H groups in total. The highest BCUT2D eigenvalue weighted by Crippen LogP contribution is 2.41. The molecular weight excluding hydrogens is 294 g/mol. The van der Waals surface area contributed by atoms with Gasteiger partial charge >= 0.3 is 0 Å². The van der Waals surface area contributed by atoms with Crippen LogP contribution >= 0.6 is 15.9 Å². The number of carbonyl (C=O) groups excluding carboxylic acids is 1. The lowest BCUT2D eigenvalue weighted by Crippen LogP contribution is -2.54. The molecule has 0 aromatic heterocycles. The zero-order chi connectivity index (χ0) is 13.2. The number of halogens is 1. The minimum Gasteiger partial charge on any atom is -0.377 e. The van der Waals surface area contributed by atoms with Crippen molar-refractivity contribution in [3.63, 3.8) is 0 Å². The first-order valence-electron chi connectivity index (χ1n) is 7.00. The number of hydrogen-bond acceptors (Lipinski definition) is 2. The third kappa shape index (κ3) is 2.90. The summed E-state index contributed by atoms with van der Waals surface area (Å²) in [4.78, 5) is 14.8. The summed E-state index contributed by atoms with van der Waals surface area (Å²) >= 11 is 3.50. The summed E-state index contributed by atoms with van der Waals surface area (Å²) in [5.74, 6) is 0.554. The molecule has 0 spiro atoms. The fourth-order valence-corrected chi connectivity index (χ4v) is 3.76. The maximum atomic E-state index is 12.8. The van der Waals surface area contributed by atoms with E-state index in [9.17, 15) is 4.79 Å². The van der Waals surface area contributed by atoms with E-state index >= 15 is 0 Å². The number of ether oxygens (including phenoxy) is 1. The predicted molar refractivity (Wildman–Crippen MR) is 75.9 cm³/mol. The van der Waals surface area contributed by atoms with Crippen molar-refractivity contribution in [1.29, 1.82) is 0 Å². The number of amides is 1. The molecule has 18 heavy (non-hydrogen) atoms. The normalized spacial score (nSPS) is 32.3. The minimum absolute atomic E-state index is 0.157. The Morgan fingerprint density at radius 2 is 2.22 bits per heavy atom. The van der Waals surface area contributed by atoms with Crippen molar-refractivity contribution in [1.82, 2.24) is 4.90 Å². The van der Waals surface area contributed by atoms with Crippen molar-refractivity contribution in [3.8, 4) is 0 Å². The van der Waals surface area contributed by atoms with Crippen LogP contribution in [0.25, 0.3) is 0 Å². The molecular formula is C14H24BrNO2. The molecule has 104 valence electrons. The zero-order valence-electron chi connectivity index (χ0n) is 11.5. The predicted octanol–water partition coefficient (Wildman–Crippen LogP) is 2.83. The Kier molecular flexibility index (Phi) is 4.70. The molecule has 1 amide bonds. The van der Waals surface area contributed by atoms with E-state index in [1.165, 1.54) is 19.3 Å². The SMILES string of the molecule is CC1(C)CCCCC1C(=O)N1CCOCC1CBr. The Morgan fingerprint density at radius 3 is 2.89 bits per heavy atom. The van der Waals surface area contributed by atoms with E-state index in [0.29, 0.717) is 19.1 Å². The van der Waals surface area contributed by atoms with Gasteiger partial charge in [-0.2, -0.15) is 0 Å². The van der Waals surface area contributed by atoms with Crippen molar-refractivity contribution in [2.75, 3.05) is 25.1 Å². The number of hydrogen-bond donors (Lipinski definition) is 0. The Hall–Kier alpha value is -0.0900. The van der Waals surface area contributed by atoms with Gasteiger partial charge in [-0.25, -0.2) is 0 Å². The highest BCUT2D eigenvalue weighted by atomic mass is 79.9. The lowest BCUT2D eigenvalue weighted by atomic mass is 9.68. The largest absolute Gasteiger partial charge is 0.377 e. The third-order valence-corrected chi connectivity index (χ3v) is 5.24. The topological polar surface area (TPSA) is 29.5 Å². The molecule has 1 aliphatic heterocycles. The van der Waals surface area contributed by atoms with E-state index in [0.717, 1.165) is 18.3 Å². The number of nitrogens with zero attached hydrogens (tertiary/aromatic N) is 1. The van der Waals surface area contributed by atoms with E-state index in [1.807, 2.05) is 0 Å². The van der Waals surface area contributed by atoms with Gasteiger partial charge in [-0.1, -0.05) is 42.6 Å². The van der Waals surface area contributed by atoms with Crippen molar-refractivity contribution in [2.24, 2.45) is 11.3 Å². The Labute approximate surface area is 118 Å². The van der Waals surface area contributed by atoms with E-state index < -0.39 is 0 Å². The zero-order valence-corrected chi connectivity index (χ0v) is 13.0. The van der Waals surface area contributed by atoms with Crippen LogP contribution in [0, 0.1) is 11.3 Å². The Balaban J connectivity index is 2.09. The highest BCUT2D eigenvalue weighted by Gasteiger charge is 2.41. The number of carbonyl (C=O) groups is 1. The van der Waals surface area contributed by atoms with Crippen molar-refractivity contribution >= 4 is 21.8 Å². The molecule has 0 radical (unpaired) electrons. The van der Waals surface area contributed by atoms with Crippen molar-refractivity contribution in [2.45, 2.75) is 45.6 Å². The molecule has 2 rings (SSSR count). The van der Waals surface area contributed by atoms with Gasteiger partial charge in [-0.3, -0.25) is 4.79 Å². The van der Waals surface area contributed by atoms with Crippen LogP contribution in [-0.4, -0.2) is 41.9 Å². The fraction of sp³-hybridized carbons (Fsp3) is 0.929. The Bertz CT molecular complexity index is 306. The van der Waals surface area contributed by atoms with Gasteiger partial charge in [0.15, 0.2) is 0 Å². The number of rotatable bonds is 2. The van der Waals surface area contributed by atoms with Crippen LogP contribution < -0.4 is 0 Å². The first-order valence-corrected chi connectivity index (χ1v) is 8.12. The molecule has 1 aliphatic carbocycles. The van der Waals surface area contributed by atoms with Crippen LogP contribution in [0.2, 0.25) is 0 Å². The first-order chi connectivity index (χ1) is 8.56. The fourth-order valence-electron chi connectivity index (χ4n) is 3.22. The van der Waals surface area contributed by atoms with Crippen LogP contribution in [0.5, 0.6) is 0 Å². The van der Waals surface area contributed by atoms with Crippen molar-refractivity contribution < 1.29 is 9.53 Å².